The summed E-state index contributed by atoms with van der Waals surface area (Å²) >= 11 is 0. The van der Waals surface area contributed by atoms with Gasteiger partial charge in [0.05, 0.1) is 18.2 Å². The maximum Gasteiger partial charge on any atom is 0.317 e. The van der Waals surface area contributed by atoms with Crippen molar-refractivity contribution >= 4 is 22.6 Å². The highest BCUT2D eigenvalue weighted by Gasteiger charge is 2.26. The van der Waals surface area contributed by atoms with E-state index in [1.807, 2.05) is 39.1 Å². The van der Waals surface area contributed by atoms with Gasteiger partial charge >= 0.3 is 5.97 Å². The first kappa shape index (κ1) is 19.4. The van der Waals surface area contributed by atoms with E-state index in [2.05, 4.69) is 26.9 Å². The first-order valence-corrected chi connectivity index (χ1v) is 9.74. The number of carbonyl (C=O) groups is 1. The molecule has 3 rings (SSSR count). The van der Waals surface area contributed by atoms with Crippen molar-refractivity contribution in [2.75, 3.05) is 31.1 Å². The quantitative estimate of drug-likeness (QED) is 0.805. The molecule has 0 unspecified atom stereocenters. The Bertz CT molecular complexity index is 785. The van der Waals surface area contributed by atoms with E-state index in [9.17, 15) is 4.79 Å². The van der Waals surface area contributed by atoms with E-state index in [0.717, 1.165) is 49.1 Å². The molecule has 1 fully saturated rings. The second kappa shape index (κ2) is 8.57. The number of likely N-dealkylation sites (N-methyl/N-ethyl adjacent to an activating group) is 1. The highest BCUT2D eigenvalue weighted by molar-refractivity contribution is 5.92. The Balaban J connectivity index is 1.77. The summed E-state index contributed by atoms with van der Waals surface area (Å²) in [5.41, 5.74) is 2.14. The van der Waals surface area contributed by atoms with Gasteiger partial charge in [0.25, 0.3) is 0 Å². The Morgan fingerprint density at radius 1 is 1.33 bits per heavy atom. The number of rotatable bonds is 7. The third-order valence-corrected chi connectivity index (χ3v) is 5.13. The van der Waals surface area contributed by atoms with Gasteiger partial charge in [-0.2, -0.15) is 0 Å². The molecular weight excluding hydrogens is 342 g/mol. The molecule has 1 aromatic carbocycles. The van der Waals surface area contributed by atoms with Gasteiger partial charge in [0.15, 0.2) is 0 Å². The van der Waals surface area contributed by atoms with Crippen LogP contribution in [0.5, 0.6) is 5.75 Å². The average molecular weight is 371 g/mol. The van der Waals surface area contributed by atoms with Gasteiger partial charge in [-0.1, -0.05) is 6.92 Å². The molecule has 2 heterocycles. The zero-order chi connectivity index (χ0) is 19.4. The van der Waals surface area contributed by atoms with Gasteiger partial charge in [-0.25, -0.2) is 0 Å². The molecule has 1 saturated heterocycles. The molecule has 2 aromatic rings. The minimum absolute atomic E-state index is 0.120. The molecular formula is C21H29N3O3. The van der Waals surface area contributed by atoms with Crippen molar-refractivity contribution in [1.82, 2.24) is 9.88 Å². The Kier molecular flexibility index (Phi) is 6.16. The van der Waals surface area contributed by atoms with Crippen LogP contribution in [-0.2, 0) is 4.79 Å². The zero-order valence-corrected chi connectivity index (χ0v) is 16.4. The number of piperidine rings is 1. The van der Waals surface area contributed by atoms with Crippen molar-refractivity contribution in [2.24, 2.45) is 0 Å². The van der Waals surface area contributed by atoms with Crippen LogP contribution in [0.15, 0.2) is 30.5 Å². The van der Waals surface area contributed by atoms with Crippen LogP contribution in [0.1, 0.15) is 33.6 Å². The minimum atomic E-state index is -0.753. The molecule has 146 valence electrons. The van der Waals surface area contributed by atoms with Gasteiger partial charge in [-0.15, -0.1) is 0 Å². The number of fused-ring (bicyclic) bond motifs is 1. The molecule has 0 amide bonds. The Morgan fingerprint density at radius 3 is 2.70 bits per heavy atom. The summed E-state index contributed by atoms with van der Waals surface area (Å²) < 4.78 is 5.86. The van der Waals surface area contributed by atoms with Crippen LogP contribution in [-0.4, -0.2) is 59.3 Å². The summed E-state index contributed by atoms with van der Waals surface area (Å²) in [4.78, 5) is 20.0. The number of hydrogen-bond donors (Lipinski definition) is 1. The van der Waals surface area contributed by atoms with E-state index in [-0.39, 0.29) is 12.6 Å². The number of aliphatic carboxylic acids is 1. The normalized spacial score (nSPS) is 15.7. The summed E-state index contributed by atoms with van der Waals surface area (Å²) in [7, 11) is 0. The highest BCUT2D eigenvalue weighted by Crippen LogP contribution is 2.31. The lowest BCUT2D eigenvalue weighted by molar-refractivity contribution is -0.139. The molecule has 1 aromatic heterocycles. The highest BCUT2D eigenvalue weighted by atomic mass is 16.5. The van der Waals surface area contributed by atoms with Gasteiger partial charge in [0.1, 0.15) is 5.75 Å². The lowest BCUT2D eigenvalue weighted by Crippen LogP contribution is -2.46. The second-order valence-electron chi connectivity index (χ2n) is 7.35. The van der Waals surface area contributed by atoms with E-state index >= 15 is 0 Å². The van der Waals surface area contributed by atoms with Gasteiger partial charge in [0, 0.05) is 36.4 Å². The number of anilines is 1. The molecule has 0 spiro atoms. The summed E-state index contributed by atoms with van der Waals surface area (Å²) in [5.74, 6) is 0.109. The van der Waals surface area contributed by atoms with E-state index in [1.54, 1.807) is 0 Å². The third kappa shape index (κ3) is 4.69. The van der Waals surface area contributed by atoms with E-state index in [1.165, 1.54) is 5.69 Å². The maximum absolute atomic E-state index is 11.1. The summed E-state index contributed by atoms with van der Waals surface area (Å²) in [5, 5.41) is 10.2. The SMILES string of the molecule is CCN(CC(=O)O)C1CCN(c2ccnc3ccc(OC(C)C)cc23)CC1. The van der Waals surface area contributed by atoms with Crippen molar-refractivity contribution in [3.05, 3.63) is 30.5 Å². The molecule has 1 N–H and O–H groups in total. The lowest BCUT2D eigenvalue weighted by atomic mass is 10.0. The van der Waals surface area contributed by atoms with Crippen LogP contribution in [0.3, 0.4) is 0 Å². The molecule has 1 aliphatic heterocycles. The molecule has 0 bridgehead atoms. The zero-order valence-electron chi connectivity index (χ0n) is 16.4. The lowest BCUT2D eigenvalue weighted by Gasteiger charge is -2.38. The number of pyridine rings is 1. The van der Waals surface area contributed by atoms with Crippen LogP contribution in [0, 0.1) is 0 Å². The minimum Gasteiger partial charge on any atom is -0.491 e. The van der Waals surface area contributed by atoms with Crippen molar-refractivity contribution in [2.45, 2.75) is 45.8 Å². The van der Waals surface area contributed by atoms with Crippen LogP contribution in [0.4, 0.5) is 5.69 Å². The van der Waals surface area contributed by atoms with Crippen molar-refractivity contribution < 1.29 is 14.6 Å². The Morgan fingerprint density at radius 2 is 2.07 bits per heavy atom. The number of nitrogens with zero attached hydrogens (tertiary/aromatic N) is 3. The molecule has 0 radical (unpaired) electrons. The topological polar surface area (TPSA) is 65.9 Å². The van der Waals surface area contributed by atoms with Crippen molar-refractivity contribution in [1.29, 1.82) is 0 Å². The fourth-order valence-corrected chi connectivity index (χ4v) is 3.88. The van der Waals surface area contributed by atoms with Crippen molar-refractivity contribution in [3.8, 4) is 5.75 Å². The van der Waals surface area contributed by atoms with Crippen LogP contribution >= 0.6 is 0 Å². The molecule has 0 saturated carbocycles. The second-order valence-corrected chi connectivity index (χ2v) is 7.35. The van der Waals surface area contributed by atoms with Gasteiger partial charge in [-0.3, -0.25) is 14.7 Å². The first-order valence-electron chi connectivity index (χ1n) is 9.74. The molecule has 6 nitrogen and oxygen atoms in total. The summed E-state index contributed by atoms with van der Waals surface area (Å²) in [6.07, 6.45) is 3.92. The number of benzene rings is 1. The van der Waals surface area contributed by atoms with E-state index in [4.69, 9.17) is 9.84 Å². The Labute approximate surface area is 160 Å². The molecule has 6 heteroatoms. The van der Waals surface area contributed by atoms with Crippen LogP contribution in [0.2, 0.25) is 0 Å². The van der Waals surface area contributed by atoms with Gasteiger partial charge < -0.3 is 14.7 Å². The molecule has 1 aliphatic rings. The smallest absolute Gasteiger partial charge is 0.317 e. The van der Waals surface area contributed by atoms with Crippen molar-refractivity contribution in [3.63, 3.8) is 0 Å². The fourth-order valence-electron chi connectivity index (χ4n) is 3.88. The van der Waals surface area contributed by atoms with Gasteiger partial charge in [0.2, 0.25) is 0 Å². The third-order valence-electron chi connectivity index (χ3n) is 5.13. The standard InChI is InChI=1S/C21H29N3O3/c1-4-23(14-21(25)26)16-8-11-24(12-9-16)20-7-10-22-19-6-5-17(13-18(19)20)27-15(2)3/h5-7,10,13,15-16H,4,8-9,11-12,14H2,1-3H3,(H,25,26). The number of ether oxygens (including phenoxy) is 1. The number of carboxylic acid groups (broad SMARTS) is 1. The van der Waals surface area contributed by atoms with Gasteiger partial charge in [-0.05, 0) is 57.5 Å². The predicted octanol–water partition coefficient (Wildman–Crippen LogP) is 3.40. The fraction of sp³-hybridized carbons (Fsp3) is 0.524. The number of carboxylic acids is 1. The molecule has 0 atom stereocenters. The van der Waals surface area contributed by atoms with E-state index in [0.29, 0.717) is 6.04 Å². The predicted molar refractivity (Wildman–Crippen MR) is 108 cm³/mol. The van der Waals surface area contributed by atoms with E-state index < -0.39 is 5.97 Å². The monoisotopic (exact) mass is 371 g/mol. The average Bonchev–Trinajstić information content (AvgIpc) is 2.65. The molecule has 0 aliphatic carbocycles. The largest absolute Gasteiger partial charge is 0.491 e. The van der Waals surface area contributed by atoms with Crippen LogP contribution in [0.25, 0.3) is 10.9 Å². The summed E-state index contributed by atoms with van der Waals surface area (Å²) in [6.45, 7) is 8.79. The summed E-state index contributed by atoms with van der Waals surface area (Å²) in [6, 6.07) is 8.45. The van der Waals surface area contributed by atoms with Crippen LogP contribution < -0.4 is 9.64 Å². The number of hydrogen-bond acceptors (Lipinski definition) is 5. The first-order chi connectivity index (χ1) is 13.0. The maximum atomic E-state index is 11.1. The Hall–Kier alpha value is -2.34. The molecule has 27 heavy (non-hydrogen) atoms. The number of aromatic nitrogens is 1.